The average molecular weight is 278 g/mol. The van der Waals surface area contributed by atoms with Crippen LogP contribution < -0.4 is 0 Å². The van der Waals surface area contributed by atoms with Crippen LogP contribution in [0.15, 0.2) is 0 Å². The van der Waals surface area contributed by atoms with E-state index in [0.717, 1.165) is 39.3 Å². The third kappa shape index (κ3) is 6.37. The van der Waals surface area contributed by atoms with E-state index in [1.807, 2.05) is 0 Å². The van der Waals surface area contributed by atoms with Crippen LogP contribution in [-0.4, -0.2) is 55.3 Å². The van der Waals surface area contributed by atoms with Crippen molar-refractivity contribution in [3.05, 3.63) is 0 Å². The Balaban J connectivity index is 2.20. The van der Waals surface area contributed by atoms with Crippen LogP contribution in [-0.2, 0) is 9.47 Å². The van der Waals surface area contributed by atoms with E-state index in [1.165, 1.54) is 0 Å². The second kappa shape index (κ2) is 7.68. The first-order valence-corrected chi connectivity index (χ1v) is 7.50. The predicted molar refractivity (Wildman–Crippen MR) is 76.4 cm³/mol. The molecule has 18 heavy (non-hydrogen) atoms. The van der Waals surface area contributed by atoms with Crippen molar-refractivity contribution < 1.29 is 9.47 Å². The molecule has 1 aliphatic heterocycles. The lowest BCUT2D eigenvalue weighted by atomic mass is 10.1. The van der Waals surface area contributed by atoms with Crippen LogP contribution in [0.5, 0.6) is 0 Å². The molecule has 0 spiro atoms. The zero-order valence-corrected chi connectivity index (χ0v) is 13.0. The van der Waals surface area contributed by atoms with E-state index >= 15 is 0 Å². The number of morpholine rings is 1. The molecule has 0 saturated carbocycles. The van der Waals surface area contributed by atoms with Gasteiger partial charge in [0, 0.05) is 32.1 Å². The van der Waals surface area contributed by atoms with E-state index in [-0.39, 0.29) is 11.7 Å². The summed E-state index contributed by atoms with van der Waals surface area (Å²) in [6.45, 7) is 13.2. The molecular formula is C14H28ClNO2. The molecule has 0 aromatic heterocycles. The fourth-order valence-corrected chi connectivity index (χ4v) is 2.44. The number of hydrogen-bond donors (Lipinski definition) is 0. The summed E-state index contributed by atoms with van der Waals surface area (Å²) in [6.07, 6.45) is 1.28. The van der Waals surface area contributed by atoms with Crippen molar-refractivity contribution in [3.8, 4) is 0 Å². The predicted octanol–water partition coefficient (Wildman–Crippen LogP) is 2.77. The van der Waals surface area contributed by atoms with Gasteiger partial charge in [0.25, 0.3) is 0 Å². The topological polar surface area (TPSA) is 21.7 Å². The summed E-state index contributed by atoms with van der Waals surface area (Å²) in [7, 11) is 0. The highest BCUT2D eigenvalue weighted by molar-refractivity contribution is 6.18. The van der Waals surface area contributed by atoms with Crippen LogP contribution in [0.4, 0.5) is 0 Å². The summed E-state index contributed by atoms with van der Waals surface area (Å²) in [5.74, 6) is 1.28. The summed E-state index contributed by atoms with van der Waals surface area (Å²) in [5, 5.41) is 0. The van der Waals surface area contributed by atoms with Gasteiger partial charge in [-0.1, -0.05) is 13.8 Å². The van der Waals surface area contributed by atoms with Crippen molar-refractivity contribution in [1.29, 1.82) is 0 Å². The van der Waals surface area contributed by atoms with E-state index in [1.54, 1.807) is 0 Å². The molecule has 0 N–H and O–H groups in total. The van der Waals surface area contributed by atoms with Gasteiger partial charge in [0.1, 0.15) is 0 Å². The van der Waals surface area contributed by atoms with E-state index in [4.69, 9.17) is 21.1 Å². The van der Waals surface area contributed by atoms with E-state index in [9.17, 15) is 0 Å². The molecule has 0 bridgehead atoms. The Morgan fingerprint density at radius 2 is 2.11 bits per heavy atom. The van der Waals surface area contributed by atoms with Crippen molar-refractivity contribution in [2.45, 2.75) is 45.8 Å². The lowest BCUT2D eigenvalue weighted by molar-refractivity contribution is -0.130. The molecule has 1 fully saturated rings. The largest absolute Gasteiger partial charge is 0.380 e. The molecule has 4 heteroatoms. The zero-order chi connectivity index (χ0) is 13.6. The van der Waals surface area contributed by atoms with Crippen molar-refractivity contribution >= 4 is 11.6 Å². The molecule has 1 saturated heterocycles. The maximum Gasteiger partial charge on any atom is 0.0844 e. The fourth-order valence-electron chi connectivity index (χ4n) is 2.28. The van der Waals surface area contributed by atoms with Crippen LogP contribution in [0.2, 0.25) is 0 Å². The van der Waals surface area contributed by atoms with Crippen molar-refractivity contribution in [3.63, 3.8) is 0 Å². The van der Waals surface area contributed by atoms with Gasteiger partial charge in [-0.2, -0.15) is 0 Å². The average Bonchev–Trinajstić information content (AvgIpc) is 2.26. The first-order valence-electron chi connectivity index (χ1n) is 6.97. The first kappa shape index (κ1) is 16.2. The Labute approximate surface area is 117 Å². The van der Waals surface area contributed by atoms with Gasteiger partial charge in [-0.05, 0) is 26.2 Å². The minimum atomic E-state index is -0.101. The molecule has 1 atom stereocenters. The quantitative estimate of drug-likeness (QED) is 0.528. The van der Waals surface area contributed by atoms with Crippen LogP contribution in [0, 0.1) is 5.92 Å². The molecule has 0 aliphatic carbocycles. The minimum Gasteiger partial charge on any atom is -0.380 e. The molecule has 1 rings (SSSR count). The number of alkyl halides is 1. The van der Waals surface area contributed by atoms with Gasteiger partial charge in [0.2, 0.25) is 0 Å². The molecule has 3 nitrogen and oxygen atoms in total. The minimum absolute atomic E-state index is 0.101. The smallest absolute Gasteiger partial charge is 0.0844 e. The summed E-state index contributed by atoms with van der Waals surface area (Å²) in [6, 6.07) is 0. The van der Waals surface area contributed by atoms with Gasteiger partial charge in [-0.25, -0.2) is 0 Å². The molecule has 0 radical (unpaired) electrons. The Morgan fingerprint density at radius 3 is 2.72 bits per heavy atom. The maximum atomic E-state index is 5.91. The van der Waals surface area contributed by atoms with Gasteiger partial charge in [0.15, 0.2) is 0 Å². The third-order valence-corrected chi connectivity index (χ3v) is 3.46. The van der Waals surface area contributed by atoms with Gasteiger partial charge >= 0.3 is 0 Å². The Kier molecular flexibility index (Phi) is 6.93. The van der Waals surface area contributed by atoms with Gasteiger partial charge in [-0.15, -0.1) is 11.6 Å². The molecule has 0 aromatic carbocycles. The number of hydrogen-bond acceptors (Lipinski definition) is 3. The standard InChI is InChI=1S/C14H28ClNO2/c1-12(2)5-7-17-8-6-16-10-13(9-15)18-14(3,4)11-16/h12-13H,5-11H2,1-4H3. The molecular weight excluding hydrogens is 250 g/mol. The highest BCUT2D eigenvalue weighted by Crippen LogP contribution is 2.21. The Hall–Kier alpha value is 0.170. The molecule has 108 valence electrons. The number of nitrogens with zero attached hydrogens (tertiary/aromatic N) is 1. The Morgan fingerprint density at radius 1 is 1.39 bits per heavy atom. The van der Waals surface area contributed by atoms with Crippen LogP contribution in [0.3, 0.4) is 0 Å². The summed E-state index contributed by atoms with van der Waals surface area (Å²) < 4.78 is 11.6. The molecule has 0 amide bonds. The lowest BCUT2D eigenvalue weighted by Gasteiger charge is -2.42. The monoisotopic (exact) mass is 277 g/mol. The third-order valence-electron chi connectivity index (χ3n) is 3.12. The number of halogens is 1. The van der Waals surface area contributed by atoms with Crippen molar-refractivity contribution in [2.75, 3.05) is 38.7 Å². The summed E-state index contributed by atoms with van der Waals surface area (Å²) >= 11 is 5.91. The second-order valence-electron chi connectivity index (χ2n) is 6.18. The summed E-state index contributed by atoms with van der Waals surface area (Å²) in [4.78, 5) is 2.39. The van der Waals surface area contributed by atoms with Gasteiger partial charge in [0.05, 0.1) is 18.3 Å². The van der Waals surface area contributed by atoms with Crippen molar-refractivity contribution in [1.82, 2.24) is 4.90 Å². The molecule has 0 aromatic rings. The number of rotatable bonds is 7. The van der Waals surface area contributed by atoms with Crippen LogP contribution in [0.25, 0.3) is 0 Å². The van der Waals surface area contributed by atoms with Gasteiger partial charge in [-0.3, -0.25) is 4.90 Å². The number of ether oxygens (including phenoxy) is 2. The molecule has 1 unspecified atom stereocenters. The molecule has 1 aliphatic rings. The van der Waals surface area contributed by atoms with E-state index < -0.39 is 0 Å². The first-order chi connectivity index (χ1) is 8.43. The highest BCUT2D eigenvalue weighted by Gasteiger charge is 2.32. The normalized spacial score (nSPS) is 24.7. The van der Waals surface area contributed by atoms with Crippen LogP contribution >= 0.6 is 11.6 Å². The Bertz CT molecular complexity index is 234. The zero-order valence-electron chi connectivity index (χ0n) is 12.2. The van der Waals surface area contributed by atoms with Crippen molar-refractivity contribution in [2.24, 2.45) is 5.92 Å². The summed E-state index contributed by atoms with van der Waals surface area (Å²) in [5.41, 5.74) is -0.101. The lowest BCUT2D eigenvalue weighted by Crippen LogP contribution is -2.53. The van der Waals surface area contributed by atoms with Gasteiger partial charge < -0.3 is 9.47 Å². The van der Waals surface area contributed by atoms with Crippen LogP contribution in [0.1, 0.15) is 34.1 Å². The second-order valence-corrected chi connectivity index (χ2v) is 6.49. The molecule has 1 heterocycles. The SMILES string of the molecule is CC(C)CCOCCN1CC(CCl)OC(C)(C)C1. The van der Waals surface area contributed by atoms with E-state index in [2.05, 4.69) is 32.6 Å². The van der Waals surface area contributed by atoms with E-state index in [0.29, 0.717) is 11.8 Å². The fraction of sp³-hybridized carbons (Fsp3) is 1.00. The highest BCUT2D eigenvalue weighted by atomic mass is 35.5. The maximum absolute atomic E-state index is 5.91.